The average molecular weight is 285 g/mol. The van der Waals surface area contributed by atoms with Gasteiger partial charge in [-0.2, -0.15) is 0 Å². The van der Waals surface area contributed by atoms with Crippen molar-refractivity contribution in [2.24, 2.45) is 0 Å². The molecule has 1 aromatic heterocycles. The molecule has 1 aliphatic carbocycles. The second-order valence-electron chi connectivity index (χ2n) is 5.43. The molecule has 0 radical (unpaired) electrons. The molecule has 21 heavy (non-hydrogen) atoms. The lowest BCUT2D eigenvalue weighted by atomic mass is 10.1. The zero-order valence-electron chi connectivity index (χ0n) is 11.6. The minimum atomic E-state index is -0.316. The molecule has 3 rings (SSSR count). The maximum absolute atomic E-state index is 12.8. The first-order valence-electron chi connectivity index (χ1n) is 7.11. The number of hydrogen-bond acceptors (Lipinski definition) is 2. The van der Waals surface area contributed by atoms with Crippen LogP contribution in [0.1, 0.15) is 23.2 Å². The minimum absolute atomic E-state index is 0.0380. The van der Waals surface area contributed by atoms with Crippen LogP contribution in [0.5, 0.6) is 0 Å². The van der Waals surface area contributed by atoms with Crippen LogP contribution in [0.4, 0.5) is 4.39 Å². The highest BCUT2D eigenvalue weighted by Gasteiger charge is 2.17. The molecule has 0 aliphatic heterocycles. The highest BCUT2D eigenvalue weighted by molar-refractivity contribution is 5.80. The lowest BCUT2D eigenvalue weighted by molar-refractivity contribution is -0.119. The zero-order valence-corrected chi connectivity index (χ0v) is 11.6. The highest BCUT2D eigenvalue weighted by Crippen LogP contribution is 2.19. The summed E-state index contributed by atoms with van der Waals surface area (Å²) in [4.78, 5) is 24.1. The Morgan fingerprint density at radius 1 is 1.10 bits per heavy atom. The molecule has 0 N–H and O–H groups in total. The molecule has 0 fully saturated rings. The molecule has 108 valence electrons. The molecule has 4 heteroatoms. The molecule has 2 aromatic rings. The van der Waals surface area contributed by atoms with E-state index in [9.17, 15) is 14.0 Å². The van der Waals surface area contributed by atoms with Crippen LogP contribution in [0.2, 0.25) is 0 Å². The average Bonchev–Trinajstić information content (AvgIpc) is 2.93. The molecule has 3 nitrogen and oxygen atoms in total. The van der Waals surface area contributed by atoms with E-state index in [2.05, 4.69) is 0 Å². The van der Waals surface area contributed by atoms with Gasteiger partial charge < -0.3 is 4.57 Å². The van der Waals surface area contributed by atoms with E-state index in [0.29, 0.717) is 0 Å². The van der Waals surface area contributed by atoms with Gasteiger partial charge in [0.25, 0.3) is 5.56 Å². The number of aromatic nitrogens is 1. The fourth-order valence-electron chi connectivity index (χ4n) is 2.87. The van der Waals surface area contributed by atoms with Gasteiger partial charge in [-0.05, 0) is 42.5 Å². The number of pyridine rings is 1. The Morgan fingerprint density at radius 2 is 1.86 bits per heavy atom. The molecule has 0 spiro atoms. The van der Waals surface area contributed by atoms with Crippen molar-refractivity contribution in [1.82, 2.24) is 4.57 Å². The fraction of sp³-hybridized carbons (Fsp3) is 0.294. The third-order valence-corrected chi connectivity index (χ3v) is 3.90. The predicted molar refractivity (Wildman–Crippen MR) is 77.8 cm³/mol. The molecule has 0 saturated carbocycles. The summed E-state index contributed by atoms with van der Waals surface area (Å²) < 4.78 is 14.4. The third-order valence-electron chi connectivity index (χ3n) is 3.90. The topological polar surface area (TPSA) is 39.1 Å². The van der Waals surface area contributed by atoms with Gasteiger partial charge >= 0.3 is 0 Å². The van der Waals surface area contributed by atoms with Crippen molar-refractivity contribution in [2.75, 3.05) is 0 Å². The second kappa shape index (κ2) is 5.64. The molecule has 1 aromatic carbocycles. The number of aryl methyl sites for hydroxylation is 1. The molecular formula is C17H16FNO2. The number of carbonyl (C=O) groups excluding carboxylic acids is 1. The maximum atomic E-state index is 12.8. The van der Waals surface area contributed by atoms with Gasteiger partial charge in [-0.3, -0.25) is 9.59 Å². The fourth-order valence-corrected chi connectivity index (χ4v) is 2.87. The van der Waals surface area contributed by atoms with Gasteiger partial charge in [-0.25, -0.2) is 4.39 Å². The molecule has 1 aliphatic rings. The van der Waals surface area contributed by atoms with Gasteiger partial charge in [0.1, 0.15) is 5.82 Å². The number of hydrogen-bond donors (Lipinski definition) is 0. The quantitative estimate of drug-likeness (QED) is 0.864. The monoisotopic (exact) mass is 285 g/mol. The summed E-state index contributed by atoms with van der Waals surface area (Å²) in [5.74, 6) is -0.354. The highest BCUT2D eigenvalue weighted by atomic mass is 19.1. The van der Waals surface area contributed by atoms with E-state index < -0.39 is 0 Å². The Bertz CT molecular complexity index is 731. The number of ketones is 1. The molecule has 0 saturated heterocycles. The van der Waals surface area contributed by atoms with E-state index in [-0.39, 0.29) is 30.1 Å². The van der Waals surface area contributed by atoms with Crippen LogP contribution in [0.25, 0.3) is 0 Å². The number of fused-ring (bicyclic) bond motifs is 1. The number of Topliss-reactive ketones (excluding diaryl/α,β-unsaturated/α-hetero) is 1. The van der Waals surface area contributed by atoms with Crippen molar-refractivity contribution in [3.05, 3.63) is 69.4 Å². The molecule has 0 bridgehead atoms. The van der Waals surface area contributed by atoms with Crippen molar-refractivity contribution in [2.45, 2.75) is 32.2 Å². The third kappa shape index (κ3) is 2.94. The smallest absolute Gasteiger partial charge is 0.251 e. The van der Waals surface area contributed by atoms with Gasteiger partial charge in [0, 0.05) is 18.2 Å². The number of halogens is 1. The predicted octanol–water partition coefficient (Wildman–Crippen LogP) is 2.29. The first kappa shape index (κ1) is 13.7. The number of carbonyl (C=O) groups is 1. The number of rotatable bonds is 4. The molecule has 0 atom stereocenters. The van der Waals surface area contributed by atoms with Crippen LogP contribution in [-0.2, 0) is 30.6 Å². The summed E-state index contributed by atoms with van der Waals surface area (Å²) in [7, 11) is 0. The van der Waals surface area contributed by atoms with E-state index in [1.165, 1.54) is 23.8 Å². The van der Waals surface area contributed by atoms with Crippen molar-refractivity contribution < 1.29 is 9.18 Å². The first-order chi connectivity index (χ1) is 10.1. The van der Waals surface area contributed by atoms with Crippen molar-refractivity contribution in [3.8, 4) is 0 Å². The van der Waals surface area contributed by atoms with Gasteiger partial charge in [-0.15, -0.1) is 0 Å². The van der Waals surface area contributed by atoms with Crippen LogP contribution < -0.4 is 5.56 Å². The molecule has 0 unspecified atom stereocenters. The summed E-state index contributed by atoms with van der Waals surface area (Å²) in [6.45, 7) is 0.0966. The largest absolute Gasteiger partial charge is 0.305 e. The maximum Gasteiger partial charge on any atom is 0.251 e. The second-order valence-corrected chi connectivity index (χ2v) is 5.43. The minimum Gasteiger partial charge on any atom is -0.305 e. The van der Waals surface area contributed by atoms with Gasteiger partial charge in [0.2, 0.25) is 0 Å². The summed E-state index contributed by atoms with van der Waals surface area (Å²) >= 11 is 0. The van der Waals surface area contributed by atoms with E-state index in [1.54, 1.807) is 16.7 Å². The van der Waals surface area contributed by atoms with Gasteiger partial charge in [0.05, 0.1) is 6.54 Å². The van der Waals surface area contributed by atoms with Gasteiger partial charge in [-0.1, -0.05) is 18.2 Å². The van der Waals surface area contributed by atoms with Crippen LogP contribution >= 0.6 is 0 Å². The van der Waals surface area contributed by atoms with E-state index in [0.717, 1.165) is 30.5 Å². The van der Waals surface area contributed by atoms with E-state index in [1.807, 2.05) is 6.07 Å². The Kier molecular flexibility index (Phi) is 3.69. The van der Waals surface area contributed by atoms with Crippen molar-refractivity contribution in [1.29, 1.82) is 0 Å². The first-order valence-corrected chi connectivity index (χ1v) is 7.11. The number of benzene rings is 1. The Morgan fingerprint density at radius 3 is 2.62 bits per heavy atom. The zero-order chi connectivity index (χ0) is 14.8. The lowest BCUT2D eigenvalue weighted by Crippen LogP contribution is -2.27. The Hall–Kier alpha value is -2.23. The van der Waals surface area contributed by atoms with Gasteiger partial charge in [0.15, 0.2) is 5.78 Å². The summed E-state index contributed by atoms with van der Waals surface area (Å²) in [6.07, 6.45) is 3.08. The van der Waals surface area contributed by atoms with Crippen LogP contribution in [0, 0.1) is 5.82 Å². The normalized spacial score (nSPS) is 13.2. The summed E-state index contributed by atoms with van der Waals surface area (Å²) in [5, 5.41) is 0. The Labute approximate surface area is 122 Å². The molecule has 0 amide bonds. The van der Waals surface area contributed by atoms with Crippen LogP contribution in [-0.4, -0.2) is 10.4 Å². The Balaban J connectivity index is 1.78. The summed E-state index contributed by atoms with van der Waals surface area (Å²) in [6, 6.07) is 9.29. The standard InChI is InChI=1S/C17H16FNO2/c18-14-7-4-12(5-8-14)10-15(20)11-19-16-3-1-2-13(16)6-9-17(19)21/h4-9H,1-3,10-11H2. The van der Waals surface area contributed by atoms with Crippen LogP contribution in [0.3, 0.4) is 0 Å². The molecular weight excluding hydrogens is 269 g/mol. The SMILES string of the molecule is O=C(Cc1ccc(F)cc1)Cn1c2c(ccc1=O)CCC2. The van der Waals surface area contributed by atoms with Crippen LogP contribution in [0.15, 0.2) is 41.2 Å². The molecule has 1 heterocycles. The van der Waals surface area contributed by atoms with Crippen molar-refractivity contribution >= 4 is 5.78 Å². The number of nitrogens with zero attached hydrogens (tertiary/aromatic N) is 1. The lowest BCUT2D eigenvalue weighted by Gasteiger charge is -2.11. The van der Waals surface area contributed by atoms with E-state index in [4.69, 9.17) is 0 Å². The van der Waals surface area contributed by atoms with Crippen molar-refractivity contribution in [3.63, 3.8) is 0 Å². The van der Waals surface area contributed by atoms with E-state index >= 15 is 0 Å². The summed E-state index contributed by atoms with van der Waals surface area (Å²) in [5.41, 5.74) is 2.81.